The fraction of sp³-hybridized carbons (Fsp3) is 0.385. The summed E-state index contributed by atoms with van der Waals surface area (Å²) in [6.45, 7) is 1.97. The standard InChI is InChI=1S/C13H15BrN2O3/c1-7(8-2-3-8)15-13(19)16-9-4-5-11(14)10(6-9)12(17)18/h4-8H,2-3H2,1H3,(H,17,18)(H2,15,16,19). The molecule has 6 heteroatoms. The summed E-state index contributed by atoms with van der Waals surface area (Å²) in [5.74, 6) is -0.465. The highest BCUT2D eigenvalue weighted by molar-refractivity contribution is 9.10. The third kappa shape index (κ3) is 3.70. The summed E-state index contributed by atoms with van der Waals surface area (Å²) in [7, 11) is 0. The van der Waals surface area contributed by atoms with Gasteiger partial charge in [0.15, 0.2) is 0 Å². The first-order chi connectivity index (χ1) is 8.97. The molecule has 0 radical (unpaired) electrons. The van der Waals surface area contributed by atoms with Crippen molar-refractivity contribution in [2.45, 2.75) is 25.8 Å². The number of hydrogen-bond acceptors (Lipinski definition) is 2. The van der Waals surface area contributed by atoms with Crippen molar-refractivity contribution in [3.05, 3.63) is 28.2 Å². The van der Waals surface area contributed by atoms with Crippen LogP contribution in [-0.2, 0) is 0 Å². The van der Waals surface area contributed by atoms with Crippen molar-refractivity contribution < 1.29 is 14.7 Å². The molecule has 0 bridgehead atoms. The van der Waals surface area contributed by atoms with Crippen LogP contribution in [0.15, 0.2) is 22.7 Å². The molecular formula is C13H15BrN2O3. The van der Waals surface area contributed by atoms with Gasteiger partial charge in [0.1, 0.15) is 0 Å². The minimum Gasteiger partial charge on any atom is -0.478 e. The zero-order valence-electron chi connectivity index (χ0n) is 10.4. The number of carbonyl (C=O) groups is 2. The first-order valence-corrected chi connectivity index (χ1v) is 6.87. The van der Waals surface area contributed by atoms with Gasteiger partial charge in [-0.05, 0) is 59.8 Å². The lowest BCUT2D eigenvalue weighted by molar-refractivity contribution is 0.0696. The minimum atomic E-state index is -1.04. The highest BCUT2D eigenvalue weighted by Gasteiger charge is 2.28. The molecule has 2 amide bonds. The molecule has 0 saturated heterocycles. The van der Waals surface area contributed by atoms with Crippen LogP contribution in [0.5, 0.6) is 0 Å². The summed E-state index contributed by atoms with van der Waals surface area (Å²) in [5.41, 5.74) is 0.578. The third-order valence-electron chi connectivity index (χ3n) is 3.14. The van der Waals surface area contributed by atoms with Crippen molar-refractivity contribution in [2.75, 3.05) is 5.32 Å². The van der Waals surface area contributed by atoms with Crippen LogP contribution in [-0.4, -0.2) is 23.1 Å². The lowest BCUT2D eigenvalue weighted by Crippen LogP contribution is -2.37. The Balaban J connectivity index is 2.00. The highest BCUT2D eigenvalue weighted by Crippen LogP contribution is 2.32. The number of hydrogen-bond donors (Lipinski definition) is 3. The van der Waals surface area contributed by atoms with Gasteiger partial charge in [-0.1, -0.05) is 0 Å². The van der Waals surface area contributed by atoms with E-state index in [1.165, 1.54) is 6.07 Å². The molecule has 3 N–H and O–H groups in total. The van der Waals surface area contributed by atoms with Crippen molar-refractivity contribution in [2.24, 2.45) is 5.92 Å². The molecule has 0 aromatic heterocycles. The predicted molar refractivity (Wildman–Crippen MR) is 75.4 cm³/mol. The van der Waals surface area contributed by atoms with Gasteiger partial charge in [0, 0.05) is 16.2 Å². The molecule has 1 aromatic rings. The maximum absolute atomic E-state index is 11.7. The van der Waals surface area contributed by atoms with Gasteiger partial charge in [-0.2, -0.15) is 0 Å². The topological polar surface area (TPSA) is 78.4 Å². The van der Waals surface area contributed by atoms with E-state index in [2.05, 4.69) is 26.6 Å². The molecule has 2 rings (SSSR count). The third-order valence-corrected chi connectivity index (χ3v) is 3.83. The van der Waals surface area contributed by atoms with E-state index in [9.17, 15) is 9.59 Å². The van der Waals surface area contributed by atoms with Crippen molar-refractivity contribution >= 4 is 33.6 Å². The molecule has 1 aliphatic rings. The number of carboxylic acids is 1. The molecule has 1 saturated carbocycles. The molecule has 1 fully saturated rings. The fourth-order valence-corrected chi connectivity index (χ4v) is 2.27. The number of nitrogens with one attached hydrogen (secondary N) is 2. The Morgan fingerprint density at radius 2 is 2.11 bits per heavy atom. The number of anilines is 1. The van der Waals surface area contributed by atoms with Crippen LogP contribution in [0.1, 0.15) is 30.1 Å². The Kier molecular flexibility index (Phi) is 4.09. The Hall–Kier alpha value is -1.56. The van der Waals surface area contributed by atoms with E-state index in [0.29, 0.717) is 16.1 Å². The van der Waals surface area contributed by atoms with Crippen LogP contribution in [0.25, 0.3) is 0 Å². The van der Waals surface area contributed by atoms with Gasteiger partial charge in [-0.25, -0.2) is 9.59 Å². The molecule has 102 valence electrons. The van der Waals surface area contributed by atoms with Gasteiger partial charge in [-0.3, -0.25) is 0 Å². The largest absolute Gasteiger partial charge is 0.478 e. The number of benzene rings is 1. The van der Waals surface area contributed by atoms with Crippen LogP contribution >= 0.6 is 15.9 Å². The Morgan fingerprint density at radius 3 is 2.68 bits per heavy atom. The fourth-order valence-electron chi connectivity index (χ4n) is 1.85. The number of carboxylic acid groups (broad SMARTS) is 1. The smallest absolute Gasteiger partial charge is 0.336 e. The SMILES string of the molecule is CC(NC(=O)Nc1ccc(Br)c(C(=O)O)c1)C1CC1. The van der Waals surface area contributed by atoms with Crippen molar-refractivity contribution in [1.29, 1.82) is 0 Å². The van der Waals surface area contributed by atoms with Crippen molar-refractivity contribution in [1.82, 2.24) is 5.32 Å². The van der Waals surface area contributed by atoms with Gasteiger partial charge in [0.25, 0.3) is 0 Å². The van der Waals surface area contributed by atoms with Crippen LogP contribution in [0.4, 0.5) is 10.5 Å². The van der Waals surface area contributed by atoms with E-state index < -0.39 is 5.97 Å². The molecule has 1 aliphatic carbocycles. The molecule has 5 nitrogen and oxygen atoms in total. The molecular weight excluding hydrogens is 312 g/mol. The zero-order valence-corrected chi connectivity index (χ0v) is 12.0. The number of urea groups is 1. The quantitative estimate of drug-likeness (QED) is 0.795. The van der Waals surface area contributed by atoms with Crippen LogP contribution in [0, 0.1) is 5.92 Å². The van der Waals surface area contributed by atoms with Gasteiger partial charge in [0.2, 0.25) is 0 Å². The minimum absolute atomic E-state index is 0.119. The summed E-state index contributed by atoms with van der Waals surface area (Å²) in [5, 5.41) is 14.5. The number of amides is 2. The number of aromatic carboxylic acids is 1. The summed E-state index contributed by atoms with van der Waals surface area (Å²) in [6.07, 6.45) is 2.31. The second-order valence-electron chi connectivity index (χ2n) is 4.72. The Labute approximate surface area is 119 Å². The number of rotatable bonds is 4. The van der Waals surface area contributed by atoms with Gasteiger partial charge < -0.3 is 15.7 Å². The van der Waals surface area contributed by atoms with Crippen LogP contribution < -0.4 is 10.6 Å². The van der Waals surface area contributed by atoms with Crippen LogP contribution in [0.2, 0.25) is 0 Å². The first-order valence-electron chi connectivity index (χ1n) is 6.07. The maximum atomic E-state index is 11.7. The van der Waals surface area contributed by atoms with E-state index in [0.717, 1.165) is 12.8 Å². The lowest BCUT2D eigenvalue weighted by Gasteiger charge is -2.14. The van der Waals surface area contributed by atoms with Gasteiger partial charge in [-0.15, -0.1) is 0 Å². The van der Waals surface area contributed by atoms with E-state index >= 15 is 0 Å². The Morgan fingerprint density at radius 1 is 1.42 bits per heavy atom. The van der Waals surface area contributed by atoms with Crippen molar-refractivity contribution in [3.63, 3.8) is 0 Å². The first kappa shape index (κ1) is 13.9. The van der Waals surface area contributed by atoms with Crippen molar-refractivity contribution in [3.8, 4) is 0 Å². The summed E-state index contributed by atoms with van der Waals surface area (Å²) in [4.78, 5) is 22.7. The summed E-state index contributed by atoms with van der Waals surface area (Å²) in [6, 6.07) is 4.52. The number of halogens is 1. The monoisotopic (exact) mass is 326 g/mol. The Bertz CT molecular complexity index is 515. The molecule has 1 unspecified atom stereocenters. The van der Waals surface area contributed by atoms with E-state index in [4.69, 9.17) is 5.11 Å². The molecule has 0 spiro atoms. The maximum Gasteiger partial charge on any atom is 0.336 e. The second-order valence-corrected chi connectivity index (χ2v) is 5.58. The molecule has 1 aromatic carbocycles. The normalized spacial score (nSPS) is 15.7. The summed E-state index contributed by atoms with van der Waals surface area (Å²) < 4.78 is 0.484. The molecule has 0 aliphatic heterocycles. The molecule has 1 atom stereocenters. The summed E-state index contributed by atoms with van der Waals surface area (Å²) >= 11 is 3.16. The zero-order chi connectivity index (χ0) is 14.0. The average Bonchev–Trinajstić information content (AvgIpc) is 3.15. The van der Waals surface area contributed by atoms with E-state index in [-0.39, 0.29) is 17.6 Å². The van der Waals surface area contributed by atoms with Crippen LogP contribution in [0.3, 0.4) is 0 Å². The van der Waals surface area contributed by atoms with Gasteiger partial charge >= 0.3 is 12.0 Å². The van der Waals surface area contributed by atoms with E-state index in [1.807, 2.05) is 6.92 Å². The molecule has 0 heterocycles. The average molecular weight is 327 g/mol. The predicted octanol–water partition coefficient (Wildman–Crippen LogP) is 3.07. The second kappa shape index (κ2) is 5.61. The molecule has 19 heavy (non-hydrogen) atoms. The van der Waals surface area contributed by atoms with E-state index in [1.54, 1.807) is 12.1 Å². The lowest BCUT2D eigenvalue weighted by atomic mass is 10.2. The van der Waals surface area contributed by atoms with Gasteiger partial charge in [0.05, 0.1) is 5.56 Å². The highest BCUT2D eigenvalue weighted by atomic mass is 79.9. The number of carbonyl (C=O) groups excluding carboxylic acids is 1.